The van der Waals surface area contributed by atoms with Crippen LogP contribution in [0.5, 0.6) is 0 Å². The van der Waals surface area contributed by atoms with Crippen molar-refractivity contribution in [2.24, 2.45) is 11.8 Å². The third kappa shape index (κ3) is 2.28. The van der Waals surface area contributed by atoms with Crippen LogP contribution < -0.4 is 10.6 Å². The van der Waals surface area contributed by atoms with Crippen LogP contribution in [0.25, 0.3) is 0 Å². The molecule has 4 fully saturated rings. The van der Waals surface area contributed by atoms with Crippen molar-refractivity contribution < 1.29 is 4.79 Å². The van der Waals surface area contributed by atoms with Crippen LogP contribution in [0.3, 0.4) is 0 Å². The van der Waals surface area contributed by atoms with E-state index >= 15 is 0 Å². The number of nitrogens with one attached hydrogen (secondary N) is 2. The van der Waals surface area contributed by atoms with Crippen molar-refractivity contribution >= 4 is 5.91 Å². The largest absolute Gasteiger partial charge is 0.349 e. The van der Waals surface area contributed by atoms with E-state index in [0.29, 0.717) is 11.8 Å². The lowest BCUT2D eigenvalue weighted by Gasteiger charge is -2.52. The predicted molar refractivity (Wildman–Crippen MR) is 71.3 cm³/mol. The summed E-state index contributed by atoms with van der Waals surface area (Å²) in [5.41, 5.74) is 0.0262. The quantitative estimate of drug-likeness (QED) is 0.755. The number of rotatable bonds is 2. The summed E-state index contributed by atoms with van der Waals surface area (Å²) in [6.07, 6.45) is 4.50. The van der Waals surface area contributed by atoms with E-state index in [4.69, 9.17) is 0 Å². The highest BCUT2D eigenvalue weighted by molar-refractivity contribution is 5.79. The Morgan fingerprint density at radius 2 is 1.89 bits per heavy atom. The molecule has 1 amide bonds. The lowest BCUT2D eigenvalue weighted by molar-refractivity contribution is -0.130. The molecular weight excluding hydrogens is 226 g/mol. The first kappa shape index (κ1) is 12.4. The second-order valence-electron chi connectivity index (χ2n) is 6.48. The van der Waals surface area contributed by atoms with E-state index in [2.05, 4.69) is 22.5 Å². The van der Waals surface area contributed by atoms with Crippen LogP contribution in [0, 0.1) is 11.8 Å². The van der Waals surface area contributed by atoms with E-state index in [1.165, 1.54) is 25.9 Å². The first-order valence-electron chi connectivity index (χ1n) is 7.42. The Morgan fingerprint density at radius 3 is 2.44 bits per heavy atom. The number of hydrogen-bond acceptors (Lipinski definition) is 3. The van der Waals surface area contributed by atoms with Crippen LogP contribution in [0.4, 0.5) is 0 Å². The number of carbonyl (C=O) groups is 1. The Morgan fingerprint density at radius 1 is 1.22 bits per heavy atom. The molecule has 0 aromatic carbocycles. The number of amides is 1. The molecule has 4 aliphatic heterocycles. The van der Waals surface area contributed by atoms with E-state index in [1.807, 2.05) is 0 Å². The zero-order valence-electron chi connectivity index (χ0n) is 11.4. The van der Waals surface area contributed by atoms with E-state index in [0.717, 1.165) is 32.5 Å². The van der Waals surface area contributed by atoms with Crippen molar-refractivity contribution in [3.05, 3.63) is 0 Å². The maximum Gasteiger partial charge on any atom is 0.223 e. The number of fused-ring (bicyclic) bond motifs is 3. The first-order valence-corrected chi connectivity index (χ1v) is 7.42. The summed E-state index contributed by atoms with van der Waals surface area (Å²) in [6.45, 7) is 7.73. The average molecular weight is 251 g/mol. The van der Waals surface area contributed by atoms with Gasteiger partial charge in [0.25, 0.3) is 0 Å². The highest BCUT2D eigenvalue weighted by atomic mass is 16.2. The maximum atomic E-state index is 12.4. The van der Waals surface area contributed by atoms with Crippen molar-refractivity contribution in [2.75, 3.05) is 32.7 Å². The third-order valence-electron chi connectivity index (χ3n) is 5.16. The SMILES string of the molecule is CC1(NC(=O)C2CCNCC2)CN2CCC1CC2. The van der Waals surface area contributed by atoms with Crippen LogP contribution >= 0.6 is 0 Å². The van der Waals surface area contributed by atoms with Crippen molar-refractivity contribution in [2.45, 2.75) is 38.1 Å². The standard InChI is InChI=1S/C14H25N3O/c1-14(10-17-8-4-12(14)5-9-17)16-13(18)11-2-6-15-7-3-11/h11-12,15H,2-10H2,1H3,(H,16,18). The topological polar surface area (TPSA) is 44.4 Å². The Labute approximate surface area is 109 Å². The van der Waals surface area contributed by atoms with Gasteiger partial charge in [0.05, 0.1) is 5.54 Å². The van der Waals surface area contributed by atoms with Crippen LogP contribution in [-0.2, 0) is 4.79 Å². The van der Waals surface area contributed by atoms with E-state index in [-0.39, 0.29) is 11.5 Å². The van der Waals surface area contributed by atoms with Crippen molar-refractivity contribution in [1.29, 1.82) is 0 Å². The van der Waals surface area contributed by atoms with Gasteiger partial charge in [0, 0.05) is 12.5 Å². The molecule has 18 heavy (non-hydrogen) atoms. The fourth-order valence-electron chi connectivity index (χ4n) is 3.93. The molecule has 2 bridgehead atoms. The summed E-state index contributed by atoms with van der Waals surface area (Å²) in [5.74, 6) is 1.22. The predicted octanol–water partition coefficient (Wildman–Crippen LogP) is 0.587. The summed E-state index contributed by atoms with van der Waals surface area (Å²) in [7, 11) is 0. The van der Waals surface area contributed by atoms with Crippen LogP contribution in [0.2, 0.25) is 0 Å². The highest BCUT2D eigenvalue weighted by Gasteiger charge is 2.44. The molecule has 4 nitrogen and oxygen atoms in total. The molecule has 4 heteroatoms. The summed E-state index contributed by atoms with van der Waals surface area (Å²) in [6, 6.07) is 0. The fraction of sp³-hybridized carbons (Fsp3) is 0.929. The molecular formula is C14H25N3O. The van der Waals surface area contributed by atoms with Gasteiger partial charge in [0.15, 0.2) is 0 Å². The Bertz CT molecular complexity index is 319. The molecule has 1 atom stereocenters. The molecule has 2 N–H and O–H groups in total. The summed E-state index contributed by atoms with van der Waals surface area (Å²) < 4.78 is 0. The molecule has 1 unspecified atom stereocenters. The minimum atomic E-state index is 0.0262. The number of hydrogen-bond donors (Lipinski definition) is 2. The number of nitrogens with zero attached hydrogens (tertiary/aromatic N) is 1. The van der Waals surface area contributed by atoms with E-state index < -0.39 is 0 Å². The number of piperidine rings is 4. The highest BCUT2D eigenvalue weighted by Crippen LogP contribution is 2.35. The second-order valence-corrected chi connectivity index (χ2v) is 6.48. The molecule has 4 aliphatic rings. The van der Waals surface area contributed by atoms with Crippen molar-refractivity contribution in [3.63, 3.8) is 0 Å². The van der Waals surface area contributed by atoms with Gasteiger partial charge in [-0.25, -0.2) is 0 Å². The van der Waals surface area contributed by atoms with Gasteiger partial charge in [-0.1, -0.05) is 0 Å². The zero-order valence-corrected chi connectivity index (χ0v) is 11.4. The maximum absolute atomic E-state index is 12.4. The molecule has 4 saturated heterocycles. The molecule has 0 aliphatic carbocycles. The summed E-state index contributed by atoms with van der Waals surface area (Å²) in [4.78, 5) is 14.9. The molecule has 0 aromatic rings. The van der Waals surface area contributed by atoms with Crippen molar-refractivity contribution in [3.8, 4) is 0 Å². The Hall–Kier alpha value is -0.610. The summed E-state index contributed by atoms with van der Waals surface area (Å²) >= 11 is 0. The monoisotopic (exact) mass is 251 g/mol. The third-order valence-corrected chi connectivity index (χ3v) is 5.16. The average Bonchev–Trinajstić information content (AvgIpc) is 2.40. The molecule has 0 radical (unpaired) electrons. The van der Waals surface area contributed by atoms with Gasteiger partial charge in [0.1, 0.15) is 0 Å². The minimum Gasteiger partial charge on any atom is -0.349 e. The molecule has 102 valence electrons. The molecule has 4 rings (SSSR count). The molecule has 0 spiro atoms. The van der Waals surface area contributed by atoms with Crippen LogP contribution in [-0.4, -0.2) is 49.1 Å². The molecule has 4 heterocycles. The smallest absolute Gasteiger partial charge is 0.223 e. The van der Waals surface area contributed by atoms with Gasteiger partial charge >= 0.3 is 0 Å². The Kier molecular flexibility index (Phi) is 3.32. The van der Waals surface area contributed by atoms with Gasteiger partial charge in [-0.2, -0.15) is 0 Å². The van der Waals surface area contributed by atoms with E-state index in [1.54, 1.807) is 0 Å². The lowest BCUT2D eigenvalue weighted by Crippen LogP contribution is -2.66. The van der Waals surface area contributed by atoms with Gasteiger partial charge in [-0.05, 0) is 64.7 Å². The fourth-order valence-corrected chi connectivity index (χ4v) is 3.93. The summed E-state index contributed by atoms with van der Waals surface area (Å²) in [5, 5.41) is 6.71. The molecule has 0 saturated carbocycles. The van der Waals surface area contributed by atoms with Gasteiger partial charge in [0.2, 0.25) is 5.91 Å². The van der Waals surface area contributed by atoms with Gasteiger partial charge < -0.3 is 15.5 Å². The van der Waals surface area contributed by atoms with Crippen LogP contribution in [0.15, 0.2) is 0 Å². The van der Waals surface area contributed by atoms with Gasteiger partial charge in [-0.3, -0.25) is 4.79 Å². The number of carbonyl (C=O) groups excluding carboxylic acids is 1. The van der Waals surface area contributed by atoms with E-state index in [9.17, 15) is 4.79 Å². The zero-order chi connectivity index (χ0) is 12.6. The van der Waals surface area contributed by atoms with Crippen LogP contribution in [0.1, 0.15) is 32.6 Å². The second kappa shape index (κ2) is 4.82. The van der Waals surface area contributed by atoms with Crippen molar-refractivity contribution in [1.82, 2.24) is 15.5 Å². The van der Waals surface area contributed by atoms with Gasteiger partial charge in [-0.15, -0.1) is 0 Å². The normalized spacial score (nSPS) is 40.7. The minimum absolute atomic E-state index is 0.0262. The lowest BCUT2D eigenvalue weighted by atomic mass is 9.73. The Balaban J connectivity index is 1.62. The first-order chi connectivity index (χ1) is 8.67. The molecule has 0 aromatic heterocycles.